The van der Waals surface area contributed by atoms with E-state index in [1.54, 1.807) is 11.8 Å². The molecule has 0 saturated heterocycles. The molecule has 0 fully saturated rings. The zero-order valence-corrected chi connectivity index (χ0v) is 10.5. The Morgan fingerprint density at radius 1 is 1.40 bits per heavy atom. The number of thioether (sulfide) groups is 1. The molecule has 3 nitrogen and oxygen atoms in total. The van der Waals surface area contributed by atoms with E-state index in [9.17, 15) is 0 Å². The Labute approximate surface area is 95.2 Å². The maximum absolute atomic E-state index is 7.17. The molecular weight excluding hydrogens is 206 g/mol. The molecule has 0 unspecified atom stereocenters. The van der Waals surface area contributed by atoms with Crippen molar-refractivity contribution in [1.29, 1.82) is 5.41 Å². The van der Waals surface area contributed by atoms with E-state index in [2.05, 4.69) is 30.7 Å². The van der Waals surface area contributed by atoms with Crippen LogP contribution in [0.1, 0.15) is 32.2 Å². The van der Waals surface area contributed by atoms with Crippen molar-refractivity contribution in [1.82, 2.24) is 9.97 Å². The van der Waals surface area contributed by atoms with Gasteiger partial charge in [0.2, 0.25) is 0 Å². The molecule has 0 atom stereocenters. The van der Waals surface area contributed by atoms with Crippen LogP contribution >= 0.6 is 11.8 Å². The van der Waals surface area contributed by atoms with Crippen LogP contribution in [0.4, 0.5) is 0 Å². The van der Waals surface area contributed by atoms with Gasteiger partial charge in [-0.15, -0.1) is 0 Å². The number of hydrogen-bond donors (Lipinski definition) is 1. The molecule has 1 aromatic rings. The van der Waals surface area contributed by atoms with Crippen molar-refractivity contribution in [3.05, 3.63) is 17.5 Å². The van der Waals surface area contributed by atoms with Gasteiger partial charge in [0, 0.05) is 17.7 Å². The Hall–Kier alpha value is -0.900. The molecule has 15 heavy (non-hydrogen) atoms. The van der Waals surface area contributed by atoms with Crippen molar-refractivity contribution in [3.8, 4) is 0 Å². The molecule has 0 aromatic carbocycles. The van der Waals surface area contributed by atoms with E-state index in [1.807, 2.05) is 13.0 Å². The molecule has 4 heteroatoms. The van der Waals surface area contributed by atoms with E-state index in [0.717, 1.165) is 16.6 Å². The van der Waals surface area contributed by atoms with Crippen molar-refractivity contribution in [2.24, 2.45) is 5.41 Å². The number of rotatable bonds is 3. The van der Waals surface area contributed by atoms with Crippen LogP contribution < -0.4 is 0 Å². The number of hydrogen-bond acceptors (Lipinski definition) is 4. The second-order valence-corrected chi connectivity index (χ2v) is 5.65. The Balaban J connectivity index is 2.77. The van der Waals surface area contributed by atoms with Crippen LogP contribution in [0.15, 0.2) is 11.2 Å². The van der Waals surface area contributed by atoms with E-state index in [-0.39, 0.29) is 5.41 Å². The normalized spacial score (nSPS) is 11.5. The number of aromatic nitrogens is 2. The molecule has 1 heterocycles. The summed E-state index contributed by atoms with van der Waals surface area (Å²) in [6.45, 7) is 8.49. The minimum atomic E-state index is 0.266. The first-order valence-corrected chi connectivity index (χ1v) is 5.88. The third-order valence-electron chi connectivity index (χ3n) is 1.64. The van der Waals surface area contributed by atoms with Crippen molar-refractivity contribution < 1.29 is 0 Å². The van der Waals surface area contributed by atoms with Gasteiger partial charge in [-0.2, -0.15) is 0 Å². The predicted octanol–water partition coefficient (Wildman–Crippen LogP) is 2.92. The van der Waals surface area contributed by atoms with Crippen LogP contribution in [-0.2, 0) is 0 Å². The minimum absolute atomic E-state index is 0.266. The summed E-state index contributed by atoms with van der Waals surface area (Å²) in [7, 11) is 0. The molecule has 0 aliphatic rings. The molecular formula is C11H17N3S. The van der Waals surface area contributed by atoms with Gasteiger partial charge in [0.15, 0.2) is 5.16 Å². The molecule has 0 bridgehead atoms. The predicted molar refractivity (Wildman–Crippen MR) is 64.8 cm³/mol. The molecule has 0 amide bonds. The fourth-order valence-electron chi connectivity index (χ4n) is 0.984. The van der Waals surface area contributed by atoms with Crippen molar-refractivity contribution in [2.45, 2.75) is 32.9 Å². The lowest BCUT2D eigenvalue weighted by atomic mass is 10.0. The van der Waals surface area contributed by atoms with Crippen molar-refractivity contribution >= 4 is 18.0 Å². The van der Waals surface area contributed by atoms with Gasteiger partial charge in [-0.1, -0.05) is 32.5 Å². The lowest BCUT2D eigenvalue weighted by molar-refractivity contribution is 0.480. The summed E-state index contributed by atoms with van der Waals surface area (Å²) in [5.74, 6) is 0.980. The standard InChI is InChI=1S/C11H17N3S/c1-8-5-9(6-12)14-10(13-8)15-7-11(2,3)4/h5-6,12H,7H2,1-4H3. The summed E-state index contributed by atoms with van der Waals surface area (Å²) in [6.07, 6.45) is 1.26. The fraction of sp³-hybridized carbons (Fsp3) is 0.545. The molecule has 0 saturated carbocycles. The summed E-state index contributed by atoms with van der Waals surface area (Å²) in [4.78, 5) is 8.60. The summed E-state index contributed by atoms with van der Waals surface area (Å²) in [5, 5.41) is 7.93. The summed E-state index contributed by atoms with van der Waals surface area (Å²) >= 11 is 1.65. The monoisotopic (exact) mass is 223 g/mol. The lowest BCUT2D eigenvalue weighted by Crippen LogP contribution is -2.09. The molecule has 1 rings (SSSR count). The average molecular weight is 223 g/mol. The average Bonchev–Trinajstić information content (AvgIpc) is 2.13. The molecule has 0 aliphatic carbocycles. The molecule has 82 valence electrons. The molecule has 1 N–H and O–H groups in total. The molecule has 0 spiro atoms. The van der Waals surface area contributed by atoms with Crippen molar-refractivity contribution in [2.75, 3.05) is 5.75 Å². The van der Waals surface area contributed by atoms with E-state index in [0.29, 0.717) is 5.69 Å². The Morgan fingerprint density at radius 2 is 2.07 bits per heavy atom. The van der Waals surface area contributed by atoms with Crippen LogP contribution in [-0.4, -0.2) is 21.9 Å². The first-order valence-electron chi connectivity index (χ1n) is 4.90. The molecule has 0 radical (unpaired) electrons. The zero-order valence-electron chi connectivity index (χ0n) is 9.66. The summed E-state index contributed by atoms with van der Waals surface area (Å²) in [5.41, 5.74) is 1.86. The molecule has 1 aromatic heterocycles. The third kappa shape index (κ3) is 4.42. The highest BCUT2D eigenvalue weighted by Gasteiger charge is 2.12. The van der Waals surface area contributed by atoms with Crippen molar-refractivity contribution in [3.63, 3.8) is 0 Å². The Morgan fingerprint density at radius 3 is 2.60 bits per heavy atom. The SMILES string of the molecule is Cc1cc(C=N)nc(SCC(C)(C)C)n1. The van der Waals surface area contributed by atoms with E-state index in [4.69, 9.17) is 5.41 Å². The topological polar surface area (TPSA) is 49.6 Å². The van der Waals surface area contributed by atoms with Gasteiger partial charge in [-0.25, -0.2) is 9.97 Å². The largest absolute Gasteiger partial charge is 0.307 e. The quantitative estimate of drug-likeness (QED) is 0.487. The number of aryl methyl sites for hydroxylation is 1. The van der Waals surface area contributed by atoms with Gasteiger partial charge in [-0.3, -0.25) is 0 Å². The first kappa shape index (κ1) is 12.2. The van der Waals surface area contributed by atoms with E-state index < -0.39 is 0 Å². The highest BCUT2D eigenvalue weighted by atomic mass is 32.2. The fourth-order valence-corrected chi connectivity index (χ4v) is 1.93. The first-order chi connectivity index (χ1) is 6.90. The van der Waals surface area contributed by atoms with Crippen LogP contribution in [0.3, 0.4) is 0 Å². The maximum atomic E-state index is 7.17. The number of nitrogens with zero attached hydrogens (tertiary/aromatic N) is 2. The van der Waals surface area contributed by atoms with E-state index >= 15 is 0 Å². The second-order valence-electron chi connectivity index (χ2n) is 4.71. The van der Waals surface area contributed by atoms with Gasteiger partial charge < -0.3 is 5.41 Å². The minimum Gasteiger partial charge on any atom is -0.307 e. The van der Waals surface area contributed by atoms with Crippen LogP contribution in [0.2, 0.25) is 0 Å². The van der Waals surface area contributed by atoms with Gasteiger partial charge in [0.05, 0.1) is 5.69 Å². The maximum Gasteiger partial charge on any atom is 0.188 e. The Kier molecular flexibility index (Phi) is 3.85. The summed E-state index contributed by atoms with van der Waals surface area (Å²) < 4.78 is 0. The highest BCUT2D eigenvalue weighted by molar-refractivity contribution is 7.99. The van der Waals surface area contributed by atoms with Crippen LogP contribution in [0.5, 0.6) is 0 Å². The smallest absolute Gasteiger partial charge is 0.188 e. The third-order valence-corrected chi connectivity index (χ3v) is 3.09. The van der Waals surface area contributed by atoms with Crippen LogP contribution in [0, 0.1) is 17.7 Å². The lowest BCUT2D eigenvalue weighted by Gasteiger charge is -2.16. The van der Waals surface area contributed by atoms with Gasteiger partial charge in [0.25, 0.3) is 0 Å². The summed E-state index contributed by atoms with van der Waals surface area (Å²) in [6, 6.07) is 1.81. The van der Waals surface area contributed by atoms with Crippen LogP contribution in [0.25, 0.3) is 0 Å². The second kappa shape index (κ2) is 4.75. The molecule has 0 aliphatic heterocycles. The van der Waals surface area contributed by atoms with Gasteiger partial charge in [-0.05, 0) is 18.4 Å². The Bertz CT molecular complexity index is 355. The number of nitrogens with one attached hydrogen (secondary N) is 1. The van der Waals surface area contributed by atoms with Gasteiger partial charge in [0.1, 0.15) is 0 Å². The van der Waals surface area contributed by atoms with Gasteiger partial charge >= 0.3 is 0 Å². The van der Waals surface area contributed by atoms with E-state index in [1.165, 1.54) is 6.21 Å². The highest BCUT2D eigenvalue weighted by Crippen LogP contribution is 2.24. The zero-order chi connectivity index (χ0) is 11.5.